The number of hydrogen-bond donors (Lipinski definition) is 1. The lowest BCUT2D eigenvalue weighted by molar-refractivity contribution is 0.0955. The van der Waals surface area contributed by atoms with E-state index < -0.39 is 15.9 Å². The molecule has 0 atom stereocenters. The highest BCUT2D eigenvalue weighted by Crippen LogP contribution is 2.29. The Morgan fingerprint density at radius 1 is 1.00 bits per heavy atom. The summed E-state index contributed by atoms with van der Waals surface area (Å²) in [4.78, 5) is 13.2. The van der Waals surface area contributed by atoms with Crippen molar-refractivity contribution in [1.82, 2.24) is 5.43 Å². The lowest BCUT2D eigenvalue weighted by Crippen LogP contribution is -2.33. The Hall–Kier alpha value is -3.69. The molecule has 0 fully saturated rings. The number of carbonyl (C=O) groups excluding carboxylic acids is 1. The highest BCUT2D eigenvalue weighted by molar-refractivity contribution is 9.10. The van der Waals surface area contributed by atoms with Gasteiger partial charge in [0.15, 0.2) is 0 Å². The second kappa shape index (κ2) is 10.7. The van der Waals surface area contributed by atoms with E-state index in [0.717, 1.165) is 10.0 Å². The fourth-order valence-electron chi connectivity index (χ4n) is 3.41. The molecule has 0 aliphatic carbocycles. The molecule has 0 aliphatic rings. The number of nitrogens with one attached hydrogen (secondary N) is 1. The van der Waals surface area contributed by atoms with Crippen molar-refractivity contribution < 1.29 is 17.6 Å². The van der Waals surface area contributed by atoms with E-state index in [1.165, 1.54) is 22.7 Å². The maximum atomic E-state index is 13.7. The van der Waals surface area contributed by atoms with E-state index in [1.807, 2.05) is 30.3 Å². The zero-order valence-corrected chi connectivity index (χ0v) is 21.2. The number of carbonyl (C=O) groups is 1. The minimum Gasteiger partial charge on any atom is -0.459 e. The minimum absolute atomic E-state index is 0.0470. The van der Waals surface area contributed by atoms with Crippen molar-refractivity contribution in [2.24, 2.45) is 5.10 Å². The van der Waals surface area contributed by atoms with Crippen molar-refractivity contribution in [2.45, 2.75) is 18.4 Å². The van der Waals surface area contributed by atoms with Gasteiger partial charge >= 0.3 is 0 Å². The van der Waals surface area contributed by atoms with Crippen molar-refractivity contribution in [3.05, 3.63) is 118 Å². The number of anilines is 1. The smallest absolute Gasteiger partial charge is 0.273 e. The number of hydrogen-bond acceptors (Lipinski definition) is 5. The number of furan rings is 1. The van der Waals surface area contributed by atoms with Gasteiger partial charge in [-0.05, 0) is 52.7 Å². The summed E-state index contributed by atoms with van der Waals surface area (Å²) in [7, 11) is -3.98. The van der Waals surface area contributed by atoms with Gasteiger partial charge in [-0.1, -0.05) is 60.7 Å². The van der Waals surface area contributed by atoms with E-state index in [9.17, 15) is 13.2 Å². The van der Waals surface area contributed by atoms with E-state index in [2.05, 4.69) is 26.5 Å². The molecule has 1 aromatic heterocycles. The number of nitrogens with zero attached hydrogens (tertiary/aromatic N) is 2. The Bertz CT molecular complexity index is 1430. The number of halogens is 1. The van der Waals surface area contributed by atoms with E-state index in [4.69, 9.17) is 4.42 Å². The summed E-state index contributed by atoms with van der Waals surface area (Å²) >= 11 is 3.36. The molecule has 3 aromatic carbocycles. The Morgan fingerprint density at radius 3 is 2.29 bits per heavy atom. The van der Waals surface area contributed by atoms with Gasteiger partial charge in [0.2, 0.25) is 0 Å². The maximum absolute atomic E-state index is 13.7. The Morgan fingerprint density at radius 2 is 1.63 bits per heavy atom. The third kappa shape index (κ3) is 5.70. The lowest BCUT2D eigenvalue weighted by Gasteiger charge is -2.26. The summed E-state index contributed by atoms with van der Waals surface area (Å²) < 4.78 is 34.9. The number of hydrazone groups is 1. The van der Waals surface area contributed by atoms with Gasteiger partial charge in [-0.2, -0.15) is 5.10 Å². The number of aryl methyl sites for hydroxylation is 1. The summed E-state index contributed by atoms with van der Waals surface area (Å²) in [5.74, 6) is 0.589. The Labute approximate surface area is 212 Å². The topological polar surface area (TPSA) is 92.0 Å². The molecule has 0 saturated carbocycles. The van der Waals surface area contributed by atoms with Crippen LogP contribution in [-0.2, 0) is 16.6 Å². The first-order valence-corrected chi connectivity index (χ1v) is 12.9. The Kier molecular flexibility index (Phi) is 7.48. The first kappa shape index (κ1) is 24.4. The summed E-state index contributed by atoms with van der Waals surface area (Å²) in [5, 5.41) is 3.97. The predicted octanol–water partition coefficient (Wildman–Crippen LogP) is 5.51. The van der Waals surface area contributed by atoms with Crippen LogP contribution in [0.1, 0.15) is 27.4 Å². The summed E-state index contributed by atoms with van der Waals surface area (Å²) in [6.45, 7) is 1.84. The molecule has 178 valence electrons. The first-order valence-electron chi connectivity index (χ1n) is 10.7. The molecule has 0 aliphatic heterocycles. The van der Waals surface area contributed by atoms with Crippen LogP contribution in [0, 0.1) is 6.92 Å². The third-order valence-corrected chi connectivity index (χ3v) is 7.71. The van der Waals surface area contributed by atoms with Gasteiger partial charge in [-0.15, -0.1) is 0 Å². The third-order valence-electron chi connectivity index (χ3n) is 5.15. The fraction of sp³-hybridized carbons (Fsp3) is 0.0769. The second-order valence-electron chi connectivity index (χ2n) is 7.58. The average Bonchev–Trinajstić information content (AvgIpc) is 3.20. The fourth-order valence-corrected chi connectivity index (χ4v) is 5.21. The van der Waals surface area contributed by atoms with Crippen molar-refractivity contribution in [3.8, 4) is 0 Å². The van der Waals surface area contributed by atoms with Crippen molar-refractivity contribution in [2.75, 3.05) is 4.31 Å². The standard InChI is InChI=1S/C26H22BrN3O4S/c1-19-24(27)16-21(34-19)17-28-29-26(31)23-14-8-9-15-25(23)30(18-20-10-4-2-5-11-20)35(32,33)22-12-6-3-7-13-22/h2-17H,18H2,1H3,(H,29,31)/b28-17-. The molecule has 9 heteroatoms. The van der Waals surface area contributed by atoms with Crippen LogP contribution in [0.3, 0.4) is 0 Å². The van der Waals surface area contributed by atoms with Gasteiger partial charge in [0, 0.05) is 6.07 Å². The zero-order valence-electron chi connectivity index (χ0n) is 18.8. The highest BCUT2D eigenvalue weighted by Gasteiger charge is 2.28. The molecule has 1 heterocycles. The summed E-state index contributed by atoms with van der Waals surface area (Å²) in [6, 6.07) is 25.6. The monoisotopic (exact) mass is 551 g/mol. The van der Waals surface area contributed by atoms with Crippen LogP contribution in [0.15, 0.2) is 110 Å². The van der Waals surface area contributed by atoms with Crippen LogP contribution in [0.2, 0.25) is 0 Å². The van der Waals surface area contributed by atoms with Crippen molar-refractivity contribution in [3.63, 3.8) is 0 Å². The van der Waals surface area contributed by atoms with E-state index in [1.54, 1.807) is 55.5 Å². The highest BCUT2D eigenvalue weighted by atomic mass is 79.9. The zero-order chi connectivity index (χ0) is 24.8. The van der Waals surface area contributed by atoms with Crippen LogP contribution in [0.25, 0.3) is 0 Å². The molecular formula is C26H22BrN3O4S. The van der Waals surface area contributed by atoms with Gasteiger partial charge in [-0.3, -0.25) is 9.10 Å². The molecule has 0 saturated heterocycles. The molecule has 0 spiro atoms. The van der Waals surface area contributed by atoms with Gasteiger partial charge in [-0.25, -0.2) is 13.8 Å². The molecule has 4 rings (SSSR count). The van der Waals surface area contributed by atoms with Crippen LogP contribution < -0.4 is 9.73 Å². The number of rotatable bonds is 8. The molecule has 1 amide bonds. The van der Waals surface area contributed by atoms with Gasteiger partial charge in [0.05, 0.1) is 33.4 Å². The van der Waals surface area contributed by atoms with Gasteiger partial charge in [0.25, 0.3) is 15.9 Å². The molecule has 35 heavy (non-hydrogen) atoms. The normalized spacial score (nSPS) is 11.5. The Balaban J connectivity index is 1.69. The first-order chi connectivity index (χ1) is 16.9. The molecule has 0 radical (unpaired) electrons. The molecule has 1 N–H and O–H groups in total. The van der Waals surface area contributed by atoms with E-state index in [-0.39, 0.29) is 22.7 Å². The van der Waals surface area contributed by atoms with Crippen LogP contribution >= 0.6 is 15.9 Å². The molecule has 0 unspecified atom stereocenters. The largest absolute Gasteiger partial charge is 0.459 e. The minimum atomic E-state index is -3.98. The predicted molar refractivity (Wildman–Crippen MR) is 139 cm³/mol. The number of para-hydroxylation sites is 1. The van der Waals surface area contributed by atoms with Crippen molar-refractivity contribution >= 4 is 43.8 Å². The van der Waals surface area contributed by atoms with E-state index >= 15 is 0 Å². The van der Waals surface area contributed by atoms with Crippen molar-refractivity contribution in [1.29, 1.82) is 0 Å². The van der Waals surface area contributed by atoms with Crippen LogP contribution in [-0.4, -0.2) is 20.5 Å². The summed E-state index contributed by atoms with van der Waals surface area (Å²) in [5.41, 5.74) is 3.64. The molecule has 0 bridgehead atoms. The van der Waals surface area contributed by atoms with Crippen LogP contribution in [0.4, 0.5) is 5.69 Å². The van der Waals surface area contributed by atoms with E-state index in [0.29, 0.717) is 11.5 Å². The molecule has 7 nitrogen and oxygen atoms in total. The quantitative estimate of drug-likeness (QED) is 0.231. The van der Waals surface area contributed by atoms with Gasteiger partial charge in [0.1, 0.15) is 11.5 Å². The number of amides is 1. The number of sulfonamides is 1. The average molecular weight is 552 g/mol. The number of benzene rings is 3. The SMILES string of the molecule is Cc1oc(/C=N\NC(=O)c2ccccc2N(Cc2ccccc2)S(=O)(=O)c2ccccc2)cc1Br. The van der Waals surface area contributed by atoms with Crippen LogP contribution in [0.5, 0.6) is 0 Å². The lowest BCUT2D eigenvalue weighted by atomic mass is 10.1. The van der Waals surface area contributed by atoms with Gasteiger partial charge < -0.3 is 4.42 Å². The molecular weight excluding hydrogens is 530 g/mol. The molecule has 4 aromatic rings. The maximum Gasteiger partial charge on any atom is 0.273 e. The summed E-state index contributed by atoms with van der Waals surface area (Å²) in [6.07, 6.45) is 1.38. The second-order valence-corrected chi connectivity index (χ2v) is 10.3.